The summed E-state index contributed by atoms with van der Waals surface area (Å²) >= 11 is 1.03. The zero-order valence-corrected chi connectivity index (χ0v) is 12.2. The summed E-state index contributed by atoms with van der Waals surface area (Å²) in [6.45, 7) is 3.27. The number of rotatable bonds is 6. The Balaban J connectivity index is 1.81. The molecule has 112 valence electrons. The van der Waals surface area contributed by atoms with Gasteiger partial charge in [-0.1, -0.05) is 0 Å². The first-order valence-corrected chi connectivity index (χ1v) is 6.79. The van der Waals surface area contributed by atoms with Crippen LogP contribution in [0.15, 0.2) is 10.6 Å². The molecule has 8 nitrogen and oxygen atoms in total. The van der Waals surface area contributed by atoms with Gasteiger partial charge in [0.1, 0.15) is 15.6 Å². The number of amides is 1. The molecule has 2 heterocycles. The van der Waals surface area contributed by atoms with Gasteiger partial charge in [-0.3, -0.25) is 4.79 Å². The van der Waals surface area contributed by atoms with Crippen LogP contribution in [0.5, 0.6) is 5.88 Å². The Morgan fingerprint density at radius 3 is 2.81 bits per heavy atom. The molecule has 0 saturated heterocycles. The van der Waals surface area contributed by atoms with Crippen LogP contribution >= 0.6 is 11.3 Å². The molecule has 0 aliphatic rings. The molecule has 1 amide bonds. The SMILES string of the molecule is Cc1cc(OCC(=O)NCc2nc(C)c(C(=O)O)s2)no1. The molecule has 0 spiro atoms. The minimum atomic E-state index is -1.02. The van der Waals surface area contributed by atoms with Crippen molar-refractivity contribution in [2.24, 2.45) is 0 Å². The van der Waals surface area contributed by atoms with E-state index in [9.17, 15) is 9.59 Å². The molecule has 0 aliphatic heterocycles. The number of carboxylic acids is 1. The van der Waals surface area contributed by atoms with Gasteiger partial charge in [-0.2, -0.15) is 0 Å². The number of hydrogen-bond acceptors (Lipinski definition) is 7. The number of aromatic carboxylic acids is 1. The molecule has 0 atom stereocenters. The minimum absolute atomic E-state index is 0.152. The topological polar surface area (TPSA) is 115 Å². The van der Waals surface area contributed by atoms with E-state index in [2.05, 4.69) is 15.5 Å². The maximum absolute atomic E-state index is 11.6. The van der Waals surface area contributed by atoms with E-state index in [4.69, 9.17) is 14.4 Å². The van der Waals surface area contributed by atoms with Crippen LogP contribution in [0.3, 0.4) is 0 Å². The highest BCUT2D eigenvalue weighted by Gasteiger charge is 2.14. The van der Waals surface area contributed by atoms with Crippen molar-refractivity contribution in [3.63, 3.8) is 0 Å². The lowest BCUT2D eigenvalue weighted by Crippen LogP contribution is -2.28. The van der Waals surface area contributed by atoms with Crippen LogP contribution < -0.4 is 10.1 Å². The lowest BCUT2D eigenvalue weighted by Gasteiger charge is -2.03. The summed E-state index contributed by atoms with van der Waals surface area (Å²) in [6, 6.07) is 1.57. The molecule has 0 unspecified atom stereocenters. The first kappa shape index (κ1) is 15.0. The lowest BCUT2D eigenvalue weighted by molar-refractivity contribution is -0.123. The van der Waals surface area contributed by atoms with E-state index >= 15 is 0 Å². The summed E-state index contributed by atoms with van der Waals surface area (Å²) in [5, 5.41) is 15.6. The lowest BCUT2D eigenvalue weighted by atomic mass is 10.4. The zero-order valence-electron chi connectivity index (χ0n) is 11.4. The molecule has 2 N–H and O–H groups in total. The van der Waals surface area contributed by atoms with Gasteiger partial charge < -0.3 is 19.7 Å². The highest BCUT2D eigenvalue weighted by atomic mass is 32.1. The highest BCUT2D eigenvalue weighted by Crippen LogP contribution is 2.17. The van der Waals surface area contributed by atoms with Crippen molar-refractivity contribution in [3.8, 4) is 5.88 Å². The molecule has 2 aromatic heterocycles. The van der Waals surface area contributed by atoms with E-state index in [-0.39, 0.29) is 29.8 Å². The normalized spacial score (nSPS) is 10.4. The first-order valence-electron chi connectivity index (χ1n) is 5.98. The maximum Gasteiger partial charge on any atom is 0.347 e. The summed E-state index contributed by atoms with van der Waals surface area (Å²) in [5.41, 5.74) is 0.436. The molecule has 0 radical (unpaired) electrons. The van der Waals surface area contributed by atoms with E-state index in [1.54, 1.807) is 19.9 Å². The Hall–Kier alpha value is -2.42. The molecule has 0 fully saturated rings. The van der Waals surface area contributed by atoms with Crippen LogP contribution in [-0.4, -0.2) is 33.7 Å². The minimum Gasteiger partial charge on any atom is -0.477 e. The molecule has 0 saturated carbocycles. The Labute approximate surface area is 123 Å². The van der Waals surface area contributed by atoms with E-state index in [0.29, 0.717) is 16.5 Å². The standard InChI is InChI=1S/C12H13N3O5S/c1-6-3-9(15-20-6)19-5-8(16)13-4-10-14-7(2)11(21-10)12(17)18/h3H,4-5H2,1-2H3,(H,13,16)(H,17,18). The van der Waals surface area contributed by atoms with E-state index < -0.39 is 5.97 Å². The largest absolute Gasteiger partial charge is 0.477 e. The van der Waals surface area contributed by atoms with Crippen LogP contribution in [0.25, 0.3) is 0 Å². The number of hydrogen-bond donors (Lipinski definition) is 2. The van der Waals surface area contributed by atoms with Crippen LogP contribution in [0, 0.1) is 13.8 Å². The van der Waals surface area contributed by atoms with Crippen molar-refractivity contribution in [1.29, 1.82) is 0 Å². The van der Waals surface area contributed by atoms with Gasteiger partial charge in [-0.15, -0.1) is 11.3 Å². The van der Waals surface area contributed by atoms with Crippen molar-refractivity contribution in [1.82, 2.24) is 15.5 Å². The summed E-state index contributed by atoms with van der Waals surface area (Å²) in [6.07, 6.45) is 0. The third-order valence-corrected chi connectivity index (χ3v) is 3.57. The fraction of sp³-hybridized carbons (Fsp3) is 0.333. The van der Waals surface area contributed by atoms with Gasteiger partial charge in [0.15, 0.2) is 6.61 Å². The Morgan fingerprint density at radius 2 is 2.24 bits per heavy atom. The predicted molar refractivity (Wildman–Crippen MR) is 72.4 cm³/mol. The number of carbonyl (C=O) groups is 2. The summed E-state index contributed by atoms with van der Waals surface area (Å²) in [4.78, 5) is 26.7. The van der Waals surface area contributed by atoms with Gasteiger partial charge in [0, 0.05) is 6.07 Å². The highest BCUT2D eigenvalue weighted by molar-refractivity contribution is 7.13. The van der Waals surface area contributed by atoms with E-state index in [1.165, 1.54) is 0 Å². The molecule has 9 heteroatoms. The molecule has 2 rings (SSSR count). The fourth-order valence-corrected chi connectivity index (χ4v) is 2.35. The quantitative estimate of drug-likeness (QED) is 0.822. The number of carboxylic acid groups (broad SMARTS) is 1. The smallest absolute Gasteiger partial charge is 0.347 e. The number of aryl methyl sites for hydroxylation is 2. The number of carbonyl (C=O) groups excluding carboxylic acids is 1. The number of nitrogens with one attached hydrogen (secondary N) is 1. The second-order valence-corrected chi connectivity index (χ2v) is 5.25. The average Bonchev–Trinajstić information content (AvgIpc) is 3.00. The maximum atomic E-state index is 11.6. The van der Waals surface area contributed by atoms with Crippen LogP contribution in [0.1, 0.15) is 26.1 Å². The van der Waals surface area contributed by atoms with E-state index in [1.807, 2.05) is 0 Å². The Morgan fingerprint density at radius 1 is 1.48 bits per heavy atom. The monoisotopic (exact) mass is 311 g/mol. The summed E-state index contributed by atoms with van der Waals surface area (Å²) < 4.78 is 9.91. The number of nitrogens with zero attached hydrogens (tertiary/aromatic N) is 2. The van der Waals surface area contributed by atoms with Gasteiger partial charge in [0.25, 0.3) is 11.8 Å². The molecule has 0 aliphatic carbocycles. The third kappa shape index (κ3) is 4.02. The van der Waals surface area contributed by atoms with Crippen LogP contribution in [-0.2, 0) is 11.3 Å². The predicted octanol–water partition coefficient (Wildman–Crippen LogP) is 1.14. The Bertz CT molecular complexity index is 664. The average molecular weight is 311 g/mol. The number of ether oxygens (including phenoxy) is 1. The van der Waals surface area contributed by atoms with Crippen LogP contribution in [0.4, 0.5) is 0 Å². The van der Waals surface area contributed by atoms with Crippen molar-refractivity contribution in [2.75, 3.05) is 6.61 Å². The summed E-state index contributed by atoms with van der Waals surface area (Å²) in [7, 11) is 0. The van der Waals surface area contributed by atoms with E-state index in [0.717, 1.165) is 11.3 Å². The molecular formula is C12H13N3O5S. The Kier molecular flexibility index (Phi) is 4.53. The zero-order chi connectivity index (χ0) is 15.4. The van der Waals surface area contributed by atoms with Crippen molar-refractivity contribution in [2.45, 2.75) is 20.4 Å². The van der Waals surface area contributed by atoms with Gasteiger partial charge in [0.2, 0.25) is 0 Å². The van der Waals surface area contributed by atoms with Gasteiger partial charge in [0.05, 0.1) is 12.2 Å². The third-order valence-electron chi connectivity index (χ3n) is 2.43. The molecule has 0 aromatic carbocycles. The van der Waals surface area contributed by atoms with Crippen molar-refractivity contribution >= 4 is 23.2 Å². The summed E-state index contributed by atoms with van der Waals surface area (Å²) in [5.74, 6) is -0.557. The van der Waals surface area contributed by atoms with Crippen LogP contribution in [0.2, 0.25) is 0 Å². The van der Waals surface area contributed by atoms with Crippen molar-refractivity contribution in [3.05, 3.63) is 27.4 Å². The van der Waals surface area contributed by atoms with Gasteiger partial charge >= 0.3 is 5.97 Å². The van der Waals surface area contributed by atoms with Gasteiger partial charge in [-0.05, 0) is 19.0 Å². The molecule has 2 aromatic rings. The van der Waals surface area contributed by atoms with Gasteiger partial charge in [-0.25, -0.2) is 9.78 Å². The molecule has 21 heavy (non-hydrogen) atoms. The number of aromatic nitrogens is 2. The molecule has 0 bridgehead atoms. The second-order valence-electron chi connectivity index (χ2n) is 4.17. The fourth-order valence-electron chi connectivity index (χ4n) is 1.50. The molecular weight excluding hydrogens is 298 g/mol. The number of thiazole rings is 1. The second kappa shape index (κ2) is 6.35. The van der Waals surface area contributed by atoms with Crippen molar-refractivity contribution < 1.29 is 24.0 Å². The first-order chi connectivity index (χ1) is 9.95.